The van der Waals surface area contributed by atoms with Crippen LogP contribution in [-0.2, 0) is 11.3 Å². The second-order valence-corrected chi connectivity index (χ2v) is 5.42. The van der Waals surface area contributed by atoms with Gasteiger partial charge in [0.05, 0.1) is 12.4 Å². The maximum absolute atomic E-state index is 7.29. The summed E-state index contributed by atoms with van der Waals surface area (Å²) in [5.41, 5.74) is 6.68. The fraction of sp³-hybridized carbons (Fsp3) is 0.462. The number of methoxy groups -OCH3 is 1. The number of nitrogens with zero attached hydrogens (tertiary/aromatic N) is 1. The van der Waals surface area contributed by atoms with Gasteiger partial charge in [-0.25, -0.2) is 0 Å². The molecule has 100 valence electrons. The van der Waals surface area contributed by atoms with E-state index in [0.29, 0.717) is 13.0 Å². The molecule has 0 aliphatic carbocycles. The third-order valence-electron chi connectivity index (χ3n) is 2.63. The molecule has 1 aromatic carbocycles. The number of nitrogens with two attached hydrogens (primary N) is 1. The van der Waals surface area contributed by atoms with Gasteiger partial charge in [0, 0.05) is 36.7 Å². The summed E-state index contributed by atoms with van der Waals surface area (Å²) in [7, 11) is 1.70. The molecule has 0 aliphatic heterocycles. The summed E-state index contributed by atoms with van der Waals surface area (Å²) in [5.74, 6) is 0.236. The molecule has 0 unspecified atom stereocenters. The monoisotopic (exact) mass is 361 g/mol. The Bertz CT molecular complexity index is 367. The van der Waals surface area contributed by atoms with Crippen LogP contribution >= 0.6 is 22.6 Å². The molecule has 0 heterocycles. The fourth-order valence-electron chi connectivity index (χ4n) is 1.62. The van der Waals surface area contributed by atoms with Gasteiger partial charge in [-0.1, -0.05) is 12.1 Å². The van der Waals surface area contributed by atoms with Crippen molar-refractivity contribution in [3.63, 3.8) is 0 Å². The lowest BCUT2D eigenvalue weighted by atomic mass is 10.2. The summed E-state index contributed by atoms with van der Waals surface area (Å²) >= 11 is 2.30. The van der Waals surface area contributed by atoms with Crippen molar-refractivity contribution in [3.05, 3.63) is 33.4 Å². The van der Waals surface area contributed by atoms with Crippen LogP contribution in [0.2, 0.25) is 0 Å². The number of rotatable bonds is 8. The van der Waals surface area contributed by atoms with Crippen LogP contribution in [0.4, 0.5) is 0 Å². The van der Waals surface area contributed by atoms with Crippen molar-refractivity contribution >= 4 is 28.4 Å². The lowest BCUT2D eigenvalue weighted by Crippen LogP contribution is -2.30. The third kappa shape index (κ3) is 6.32. The molecule has 0 aromatic heterocycles. The molecule has 0 aliphatic rings. The van der Waals surface area contributed by atoms with Gasteiger partial charge in [-0.15, -0.1) is 0 Å². The van der Waals surface area contributed by atoms with E-state index in [9.17, 15) is 0 Å². The van der Waals surface area contributed by atoms with E-state index in [1.165, 1.54) is 9.13 Å². The SMILES string of the molecule is COCCN(CCC(=N)N)Cc1ccc(I)cc1. The predicted octanol–water partition coefficient (Wildman–Crippen LogP) is 2.07. The van der Waals surface area contributed by atoms with Gasteiger partial charge in [0.15, 0.2) is 0 Å². The van der Waals surface area contributed by atoms with Gasteiger partial charge in [-0.2, -0.15) is 0 Å². The van der Waals surface area contributed by atoms with E-state index in [-0.39, 0.29) is 5.84 Å². The smallest absolute Gasteiger partial charge is 0.0918 e. The first-order valence-corrected chi connectivity index (χ1v) is 6.98. The Morgan fingerprint density at radius 3 is 2.56 bits per heavy atom. The maximum Gasteiger partial charge on any atom is 0.0918 e. The molecule has 0 radical (unpaired) electrons. The number of benzene rings is 1. The Morgan fingerprint density at radius 2 is 2.00 bits per heavy atom. The van der Waals surface area contributed by atoms with Crippen LogP contribution in [0.3, 0.4) is 0 Å². The van der Waals surface area contributed by atoms with Crippen molar-refractivity contribution in [2.75, 3.05) is 26.8 Å². The van der Waals surface area contributed by atoms with Crippen LogP contribution in [-0.4, -0.2) is 37.5 Å². The van der Waals surface area contributed by atoms with Crippen LogP contribution in [0.1, 0.15) is 12.0 Å². The molecule has 0 saturated heterocycles. The molecule has 18 heavy (non-hydrogen) atoms. The van der Waals surface area contributed by atoms with Crippen molar-refractivity contribution in [2.45, 2.75) is 13.0 Å². The quantitative estimate of drug-likeness (QED) is 0.423. The Labute approximate surface area is 122 Å². The highest BCUT2D eigenvalue weighted by molar-refractivity contribution is 14.1. The molecule has 1 aromatic rings. The van der Waals surface area contributed by atoms with Crippen LogP contribution < -0.4 is 5.73 Å². The molecular formula is C13H20IN3O. The average Bonchev–Trinajstić information content (AvgIpc) is 2.35. The highest BCUT2D eigenvalue weighted by Crippen LogP contribution is 2.09. The van der Waals surface area contributed by atoms with Crippen LogP contribution in [0.5, 0.6) is 0 Å². The molecule has 0 bridgehead atoms. The minimum Gasteiger partial charge on any atom is -0.388 e. The van der Waals surface area contributed by atoms with E-state index in [2.05, 4.69) is 51.8 Å². The Balaban J connectivity index is 2.53. The summed E-state index contributed by atoms with van der Waals surface area (Å²) < 4.78 is 6.35. The zero-order valence-corrected chi connectivity index (χ0v) is 12.8. The van der Waals surface area contributed by atoms with E-state index < -0.39 is 0 Å². The summed E-state index contributed by atoms with van der Waals surface area (Å²) in [4.78, 5) is 2.26. The minimum atomic E-state index is 0.236. The summed E-state index contributed by atoms with van der Waals surface area (Å²) in [6.45, 7) is 3.22. The Morgan fingerprint density at radius 1 is 1.33 bits per heavy atom. The molecule has 4 nitrogen and oxygen atoms in total. The zero-order valence-electron chi connectivity index (χ0n) is 10.7. The average molecular weight is 361 g/mol. The lowest BCUT2D eigenvalue weighted by molar-refractivity contribution is 0.145. The van der Waals surface area contributed by atoms with Crippen molar-refractivity contribution in [3.8, 4) is 0 Å². The Hall–Kier alpha value is -0.660. The minimum absolute atomic E-state index is 0.236. The number of amidine groups is 1. The van der Waals surface area contributed by atoms with Gasteiger partial charge in [0.25, 0.3) is 0 Å². The van der Waals surface area contributed by atoms with Crippen LogP contribution in [0.25, 0.3) is 0 Å². The third-order valence-corrected chi connectivity index (χ3v) is 3.35. The van der Waals surface area contributed by atoms with Crippen LogP contribution in [0, 0.1) is 8.98 Å². The molecule has 0 saturated carbocycles. The van der Waals surface area contributed by atoms with E-state index >= 15 is 0 Å². The van der Waals surface area contributed by atoms with E-state index in [1.54, 1.807) is 7.11 Å². The van der Waals surface area contributed by atoms with Gasteiger partial charge >= 0.3 is 0 Å². The van der Waals surface area contributed by atoms with Crippen molar-refractivity contribution < 1.29 is 4.74 Å². The second kappa shape index (κ2) is 8.44. The van der Waals surface area contributed by atoms with E-state index in [0.717, 1.165) is 19.6 Å². The number of nitrogens with one attached hydrogen (secondary N) is 1. The normalized spacial score (nSPS) is 10.8. The molecule has 3 N–H and O–H groups in total. The topological polar surface area (TPSA) is 62.3 Å². The number of hydrogen-bond donors (Lipinski definition) is 2. The second-order valence-electron chi connectivity index (χ2n) is 4.17. The summed E-state index contributed by atoms with van der Waals surface area (Å²) in [6.07, 6.45) is 0.605. The van der Waals surface area contributed by atoms with Gasteiger partial charge in [0.2, 0.25) is 0 Å². The van der Waals surface area contributed by atoms with Crippen molar-refractivity contribution in [2.24, 2.45) is 5.73 Å². The molecule has 5 heteroatoms. The number of ether oxygens (including phenoxy) is 1. The van der Waals surface area contributed by atoms with E-state index in [4.69, 9.17) is 15.9 Å². The van der Waals surface area contributed by atoms with Crippen molar-refractivity contribution in [1.29, 1.82) is 5.41 Å². The van der Waals surface area contributed by atoms with Gasteiger partial charge in [-0.05, 0) is 40.3 Å². The highest BCUT2D eigenvalue weighted by atomic mass is 127. The fourth-order valence-corrected chi connectivity index (χ4v) is 1.98. The van der Waals surface area contributed by atoms with Gasteiger partial charge in [-0.3, -0.25) is 10.3 Å². The maximum atomic E-state index is 7.29. The molecule has 0 atom stereocenters. The molecular weight excluding hydrogens is 341 g/mol. The zero-order chi connectivity index (χ0) is 13.4. The van der Waals surface area contributed by atoms with Gasteiger partial charge in [0.1, 0.15) is 0 Å². The molecule has 0 spiro atoms. The predicted molar refractivity (Wildman–Crippen MR) is 82.8 cm³/mol. The summed E-state index contributed by atoms with van der Waals surface area (Å²) in [5, 5.41) is 7.29. The molecule has 0 amide bonds. The number of hydrogen-bond acceptors (Lipinski definition) is 3. The van der Waals surface area contributed by atoms with Crippen molar-refractivity contribution in [1.82, 2.24) is 4.90 Å². The lowest BCUT2D eigenvalue weighted by Gasteiger charge is -2.21. The first-order chi connectivity index (χ1) is 8.61. The first-order valence-electron chi connectivity index (χ1n) is 5.90. The highest BCUT2D eigenvalue weighted by Gasteiger charge is 2.06. The van der Waals surface area contributed by atoms with E-state index in [1.807, 2.05) is 0 Å². The molecule has 0 fully saturated rings. The number of halogens is 1. The van der Waals surface area contributed by atoms with Crippen LogP contribution in [0.15, 0.2) is 24.3 Å². The summed E-state index contributed by atoms with van der Waals surface area (Å²) in [6, 6.07) is 8.48. The first kappa shape index (κ1) is 15.4. The molecule has 1 rings (SSSR count). The van der Waals surface area contributed by atoms with Gasteiger partial charge < -0.3 is 10.5 Å². The Kier molecular flexibility index (Phi) is 7.22. The largest absolute Gasteiger partial charge is 0.388 e. The standard InChI is InChI=1S/C13H20IN3O/c1-18-9-8-17(7-6-13(15)16)10-11-2-4-12(14)5-3-11/h2-5H,6-10H2,1H3,(H3,15,16).